The summed E-state index contributed by atoms with van der Waals surface area (Å²) in [6.45, 7) is 0. The van der Waals surface area contributed by atoms with E-state index in [0.717, 1.165) is 10.0 Å². The van der Waals surface area contributed by atoms with Gasteiger partial charge in [0.05, 0.1) is 0 Å². The first-order valence-electron chi connectivity index (χ1n) is 5.41. The van der Waals surface area contributed by atoms with Crippen LogP contribution in [0.1, 0.15) is 0 Å². The Morgan fingerprint density at radius 1 is 0.591 bits per heavy atom. The van der Waals surface area contributed by atoms with E-state index in [1.54, 1.807) is 0 Å². The summed E-state index contributed by atoms with van der Waals surface area (Å²) >= 11 is 11.5. The average molecular weight is 495 g/mol. The van der Waals surface area contributed by atoms with Gasteiger partial charge in [-0.3, -0.25) is 0 Å². The van der Waals surface area contributed by atoms with Crippen molar-refractivity contribution in [3.8, 4) is 0 Å². The van der Waals surface area contributed by atoms with Gasteiger partial charge in [-0.25, -0.2) is 0 Å². The Morgan fingerprint density at radius 3 is 1.05 bits per heavy atom. The second-order valence-corrected chi connectivity index (χ2v) is 9.75. The van der Waals surface area contributed by atoms with E-state index >= 15 is 0 Å². The van der Waals surface area contributed by atoms with Crippen molar-refractivity contribution in [3.63, 3.8) is 0 Å². The molecule has 124 valence electrons. The van der Waals surface area contributed by atoms with Crippen molar-refractivity contribution in [2.45, 2.75) is 0 Å². The monoisotopic (exact) mass is 494 g/mol. The summed E-state index contributed by atoms with van der Waals surface area (Å²) in [4.78, 5) is 0. The summed E-state index contributed by atoms with van der Waals surface area (Å²) in [5.74, 6) is 0. The molecule has 10 heteroatoms. The molecule has 2 rings (SSSR count). The molecule has 0 saturated carbocycles. The van der Waals surface area contributed by atoms with Crippen molar-refractivity contribution in [2.24, 2.45) is 0 Å². The van der Waals surface area contributed by atoms with Crippen LogP contribution in [-0.2, 0) is 0 Å². The quantitative estimate of drug-likeness (QED) is 0.327. The topological polar surface area (TPSA) is 0 Å². The summed E-state index contributed by atoms with van der Waals surface area (Å²) in [7, 11) is -10.7. The molecule has 0 N–H and O–H groups in total. The number of hydrogen-bond donors (Lipinski definition) is 0. The molecule has 0 saturated heterocycles. The van der Waals surface area contributed by atoms with Gasteiger partial charge in [0.25, 0.3) is 0 Å². The van der Waals surface area contributed by atoms with Gasteiger partial charge in [0, 0.05) is 10.0 Å². The maximum atomic E-state index is 9.87. The first-order valence-corrected chi connectivity index (χ1v) is 10.4. The number of halogens is 9. The Bertz CT molecular complexity index is 570. The van der Waals surface area contributed by atoms with E-state index in [2.05, 4.69) is 24.3 Å². The van der Waals surface area contributed by atoms with Crippen molar-refractivity contribution >= 4 is 31.0 Å². The minimum absolute atomic E-state index is 0.114. The standard InChI is InChI=1S/C12H8Cl2I.F6P/c13-9-1-5-11(6-2-9)15-12-7-3-10(14)4-8-12;1-7(2,3,4,5)6/h1-8H;/q+1;-1. The molecule has 0 radical (unpaired) electrons. The predicted octanol–water partition coefficient (Wildman–Crippen LogP) is 4.50. The summed E-state index contributed by atoms with van der Waals surface area (Å²) in [5.41, 5.74) is 0. The third-order valence-corrected chi connectivity index (χ3v) is 5.01. The third kappa shape index (κ3) is 12.3. The molecule has 0 amide bonds. The molecular weight excluding hydrogens is 487 g/mol. The van der Waals surface area contributed by atoms with Gasteiger partial charge in [0.15, 0.2) is 7.14 Å². The van der Waals surface area contributed by atoms with Crippen LogP contribution >= 0.6 is 31.0 Å². The van der Waals surface area contributed by atoms with Crippen LogP contribution < -0.4 is 21.2 Å². The minimum atomic E-state index is -10.7. The fourth-order valence-corrected chi connectivity index (χ4v) is 3.52. The molecule has 0 aliphatic rings. The molecule has 0 aliphatic carbocycles. The van der Waals surface area contributed by atoms with E-state index in [1.165, 1.54) is 7.14 Å². The summed E-state index contributed by atoms with van der Waals surface area (Å²) in [6.07, 6.45) is 0. The van der Waals surface area contributed by atoms with E-state index < -0.39 is 7.81 Å². The van der Waals surface area contributed by atoms with Gasteiger partial charge in [0.2, 0.25) is 0 Å². The average Bonchev–Trinajstić information content (AvgIpc) is 2.31. The molecule has 0 fully saturated rings. The predicted molar refractivity (Wildman–Crippen MR) is 73.9 cm³/mol. The molecule has 2 aromatic rings. The van der Waals surface area contributed by atoms with Gasteiger partial charge >= 0.3 is 54.2 Å². The third-order valence-electron chi connectivity index (χ3n) is 1.83. The Balaban J connectivity index is 0.000000295. The van der Waals surface area contributed by atoms with E-state index in [-0.39, 0.29) is 21.2 Å². The summed E-state index contributed by atoms with van der Waals surface area (Å²) < 4.78 is 61.9. The van der Waals surface area contributed by atoms with E-state index in [1.807, 2.05) is 24.3 Å². The van der Waals surface area contributed by atoms with Gasteiger partial charge in [-0.15, -0.1) is 0 Å². The van der Waals surface area contributed by atoms with Crippen LogP contribution in [0.4, 0.5) is 25.2 Å². The first kappa shape index (κ1) is 19.8. The van der Waals surface area contributed by atoms with Crippen molar-refractivity contribution in [3.05, 3.63) is 65.7 Å². The van der Waals surface area contributed by atoms with E-state index in [0.29, 0.717) is 0 Å². The molecule has 22 heavy (non-hydrogen) atoms. The normalized spacial score (nSPS) is 14.4. The van der Waals surface area contributed by atoms with Gasteiger partial charge in [0.1, 0.15) is 0 Å². The van der Waals surface area contributed by atoms with Crippen LogP contribution in [0.3, 0.4) is 0 Å². The molecule has 0 spiro atoms. The van der Waals surface area contributed by atoms with Gasteiger partial charge in [-0.1, -0.05) is 23.2 Å². The second-order valence-electron chi connectivity index (χ2n) is 3.93. The Kier molecular flexibility index (Phi) is 5.71. The molecule has 2 aromatic carbocycles. The van der Waals surface area contributed by atoms with Gasteiger partial charge in [-0.2, -0.15) is 0 Å². The van der Waals surface area contributed by atoms with Crippen molar-refractivity contribution in [1.82, 2.24) is 0 Å². The zero-order valence-corrected chi connectivity index (χ0v) is 15.0. The number of hydrogen-bond acceptors (Lipinski definition) is 0. The zero-order valence-electron chi connectivity index (χ0n) is 10.5. The molecule has 0 nitrogen and oxygen atoms in total. The molecule has 0 aliphatic heterocycles. The SMILES string of the molecule is Clc1ccc([I+]c2ccc(Cl)cc2)cc1.F[P-](F)(F)(F)(F)F. The van der Waals surface area contributed by atoms with Crippen molar-refractivity contribution in [2.75, 3.05) is 0 Å². The Labute approximate surface area is 142 Å². The van der Waals surface area contributed by atoms with Crippen molar-refractivity contribution < 1.29 is 46.4 Å². The zero-order chi connectivity index (χ0) is 17.1. The van der Waals surface area contributed by atoms with Gasteiger partial charge in [-0.05, 0) is 48.5 Å². The van der Waals surface area contributed by atoms with Crippen LogP contribution in [0.5, 0.6) is 0 Å². The van der Waals surface area contributed by atoms with Crippen LogP contribution in [0, 0.1) is 7.14 Å². The van der Waals surface area contributed by atoms with Crippen LogP contribution in [0.2, 0.25) is 10.0 Å². The fraction of sp³-hybridized carbons (Fsp3) is 0. The van der Waals surface area contributed by atoms with Crippen LogP contribution in [0.25, 0.3) is 0 Å². The number of benzene rings is 2. The Morgan fingerprint density at radius 2 is 0.818 bits per heavy atom. The van der Waals surface area contributed by atoms with E-state index in [9.17, 15) is 25.2 Å². The summed E-state index contributed by atoms with van der Waals surface area (Å²) in [5, 5.41) is 1.58. The van der Waals surface area contributed by atoms with Crippen LogP contribution in [0.15, 0.2) is 48.5 Å². The fourth-order valence-electron chi connectivity index (χ4n) is 1.11. The van der Waals surface area contributed by atoms with Gasteiger partial charge < -0.3 is 0 Å². The first-order chi connectivity index (χ1) is 9.69. The molecule has 0 unspecified atom stereocenters. The number of rotatable bonds is 2. The molecule has 0 bridgehead atoms. The van der Waals surface area contributed by atoms with Crippen LogP contribution in [-0.4, -0.2) is 0 Å². The van der Waals surface area contributed by atoms with E-state index in [4.69, 9.17) is 23.2 Å². The summed E-state index contributed by atoms with van der Waals surface area (Å²) in [6, 6.07) is 16.1. The molecule has 0 aromatic heterocycles. The molecule has 0 atom stereocenters. The molecular formula is C12H8Cl2F6IP. The Hall–Kier alpha value is -0.240. The second kappa shape index (κ2) is 6.34. The van der Waals surface area contributed by atoms with Crippen molar-refractivity contribution in [1.29, 1.82) is 0 Å². The maximum absolute atomic E-state index is 10.7. The molecule has 0 heterocycles.